The monoisotopic (exact) mass is 292 g/mol. The maximum absolute atomic E-state index is 12.5. The maximum atomic E-state index is 12.5. The summed E-state index contributed by atoms with van der Waals surface area (Å²) in [4.78, 5) is 34.9. The molecule has 0 spiro atoms. The Morgan fingerprint density at radius 2 is 2.00 bits per heavy atom. The van der Waals surface area contributed by atoms with E-state index in [0.29, 0.717) is 17.3 Å². The largest absolute Gasteiger partial charge is 0.461 e. The Balaban J connectivity index is 2.12. The van der Waals surface area contributed by atoms with Gasteiger partial charge in [-0.2, -0.15) is 0 Å². The van der Waals surface area contributed by atoms with Gasteiger partial charge in [-0.1, -0.05) is 13.8 Å². The van der Waals surface area contributed by atoms with E-state index in [1.165, 1.54) is 6.92 Å². The van der Waals surface area contributed by atoms with Crippen LogP contribution in [0.2, 0.25) is 0 Å². The lowest BCUT2D eigenvalue weighted by atomic mass is 9.83. The molecule has 2 rings (SSSR count). The summed E-state index contributed by atoms with van der Waals surface area (Å²) in [6.07, 6.45) is 4.26. The minimum absolute atomic E-state index is 0.0209. The lowest BCUT2D eigenvalue weighted by Gasteiger charge is -2.19. The molecule has 4 nitrogen and oxygen atoms in total. The smallest absolute Gasteiger partial charge is 0.302 e. The lowest BCUT2D eigenvalue weighted by Crippen LogP contribution is -2.25. The van der Waals surface area contributed by atoms with Crippen molar-refractivity contribution in [2.75, 3.05) is 6.61 Å². The molecule has 0 aromatic heterocycles. The summed E-state index contributed by atoms with van der Waals surface area (Å²) in [5.41, 5.74) is 1.60. The van der Waals surface area contributed by atoms with Crippen LogP contribution in [0.3, 0.4) is 0 Å². The van der Waals surface area contributed by atoms with Crippen molar-refractivity contribution in [3.05, 3.63) is 11.1 Å². The molecular formula is C17H24O4. The third-order valence-electron chi connectivity index (χ3n) is 4.95. The van der Waals surface area contributed by atoms with Gasteiger partial charge in [0, 0.05) is 18.8 Å². The van der Waals surface area contributed by atoms with E-state index < -0.39 is 0 Å². The zero-order chi connectivity index (χ0) is 15.6. The molecule has 2 aliphatic rings. The Hall–Kier alpha value is -1.45. The summed E-state index contributed by atoms with van der Waals surface area (Å²) >= 11 is 0. The second kappa shape index (κ2) is 6.54. The topological polar surface area (TPSA) is 60.4 Å². The van der Waals surface area contributed by atoms with Crippen molar-refractivity contribution in [1.82, 2.24) is 0 Å². The highest BCUT2D eigenvalue weighted by molar-refractivity contribution is 5.88. The van der Waals surface area contributed by atoms with Crippen molar-refractivity contribution in [2.24, 2.45) is 23.7 Å². The van der Waals surface area contributed by atoms with Gasteiger partial charge in [0.2, 0.25) is 0 Å². The van der Waals surface area contributed by atoms with Crippen LogP contribution in [0.25, 0.3) is 0 Å². The number of ketones is 1. The molecule has 0 aromatic carbocycles. The molecule has 116 valence electrons. The molecule has 4 heteroatoms. The number of allylic oxidation sites excluding steroid dienone is 1. The predicted octanol–water partition coefficient (Wildman–Crippen LogP) is 2.71. The van der Waals surface area contributed by atoms with Crippen molar-refractivity contribution in [3.8, 4) is 0 Å². The summed E-state index contributed by atoms with van der Waals surface area (Å²) in [5, 5.41) is 0. The molecule has 0 heterocycles. The third-order valence-corrected chi connectivity index (χ3v) is 4.95. The quantitative estimate of drug-likeness (QED) is 0.577. The highest BCUT2D eigenvalue weighted by Crippen LogP contribution is 2.44. The number of ether oxygens (including phenoxy) is 1. The molecule has 0 aliphatic heterocycles. The van der Waals surface area contributed by atoms with Gasteiger partial charge in [-0.25, -0.2) is 0 Å². The molecule has 2 aliphatic carbocycles. The van der Waals surface area contributed by atoms with Crippen LogP contribution in [0.15, 0.2) is 11.1 Å². The molecule has 0 saturated heterocycles. The number of esters is 1. The minimum atomic E-state index is -0.340. The van der Waals surface area contributed by atoms with Crippen LogP contribution in [0.1, 0.15) is 46.5 Å². The van der Waals surface area contributed by atoms with Crippen LogP contribution < -0.4 is 0 Å². The van der Waals surface area contributed by atoms with Crippen molar-refractivity contribution in [2.45, 2.75) is 46.5 Å². The molecule has 1 saturated carbocycles. The van der Waals surface area contributed by atoms with Gasteiger partial charge in [0.25, 0.3) is 0 Å². The van der Waals surface area contributed by atoms with Gasteiger partial charge in [0.15, 0.2) is 0 Å². The van der Waals surface area contributed by atoms with E-state index in [2.05, 4.69) is 13.8 Å². The van der Waals surface area contributed by atoms with E-state index in [9.17, 15) is 14.4 Å². The molecule has 0 amide bonds. The normalized spacial score (nSPS) is 29.3. The standard InChI is InChI=1S/C17H24O4/c1-10(2)13-6-7-15(17(13)20)14-5-4-12(16(14)8-18)9-21-11(3)19/h8,10,13-15H,4-7,9H2,1-3H3/t13-,14-,15-/m0/s1. The average Bonchev–Trinajstić information content (AvgIpc) is 2.98. The minimum Gasteiger partial charge on any atom is -0.461 e. The van der Waals surface area contributed by atoms with Crippen LogP contribution in [-0.2, 0) is 19.1 Å². The molecule has 3 atom stereocenters. The number of carbonyl (C=O) groups excluding carboxylic acids is 3. The zero-order valence-electron chi connectivity index (χ0n) is 13.1. The van der Waals surface area contributed by atoms with Gasteiger partial charge in [-0.05, 0) is 48.7 Å². The Bertz CT molecular complexity index is 475. The van der Waals surface area contributed by atoms with Crippen molar-refractivity contribution in [1.29, 1.82) is 0 Å². The predicted molar refractivity (Wildman–Crippen MR) is 78.5 cm³/mol. The SMILES string of the molecule is CC(=O)OCC1=C(C=O)[C@H]([C@@H]2CC[C@@H](C(C)C)C2=O)CC1. The van der Waals surface area contributed by atoms with Crippen LogP contribution in [0, 0.1) is 23.7 Å². The van der Waals surface area contributed by atoms with Gasteiger partial charge in [-0.15, -0.1) is 0 Å². The zero-order valence-corrected chi connectivity index (χ0v) is 13.1. The molecular weight excluding hydrogens is 268 g/mol. The summed E-state index contributed by atoms with van der Waals surface area (Å²) in [5.74, 6) is 0.501. The number of aldehydes is 1. The molecule has 0 radical (unpaired) electrons. The number of hydrogen-bond donors (Lipinski definition) is 0. The van der Waals surface area contributed by atoms with Crippen LogP contribution in [-0.4, -0.2) is 24.6 Å². The second-order valence-corrected chi connectivity index (χ2v) is 6.54. The molecule has 0 unspecified atom stereocenters. The van der Waals surface area contributed by atoms with Gasteiger partial charge in [-0.3, -0.25) is 14.4 Å². The Morgan fingerprint density at radius 1 is 1.29 bits per heavy atom. The molecule has 1 fully saturated rings. The van der Waals surface area contributed by atoms with E-state index >= 15 is 0 Å². The van der Waals surface area contributed by atoms with Gasteiger partial charge in [0.05, 0.1) is 0 Å². The van der Waals surface area contributed by atoms with Crippen molar-refractivity contribution >= 4 is 18.0 Å². The van der Waals surface area contributed by atoms with Crippen LogP contribution in [0.4, 0.5) is 0 Å². The third kappa shape index (κ3) is 3.25. The Kier molecular flexibility index (Phi) is 4.96. The first-order valence-electron chi connectivity index (χ1n) is 7.79. The van der Waals surface area contributed by atoms with Crippen molar-refractivity contribution < 1.29 is 19.1 Å². The molecule has 21 heavy (non-hydrogen) atoms. The number of carbonyl (C=O) groups is 3. The van der Waals surface area contributed by atoms with Crippen LogP contribution in [0.5, 0.6) is 0 Å². The number of rotatable bonds is 5. The summed E-state index contributed by atoms with van der Waals surface area (Å²) in [7, 11) is 0. The molecule has 0 aromatic rings. The highest BCUT2D eigenvalue weighted by Gasteiger charge is 2.43. The summed E-state index contributed by atoms with van der Waals surface area (Å²) < 4.78 is 5.01. The molecule has 0 bridgehead atoms. The fourth-order valence-electron chi connectivity index (χ4n) is 3.80. The number of hydrogen-bond acceptors (Lipinski definition) is 4. The van der Waals surface area contributed by atoms with E-state index in [1.807, 2.05) is 0 Å². The molecule has 0 N–H and O–H groups in total. The summed E-state index contributed by atoms with van der Waals surface area (Å²) in [6, 6.07) is 0. The first kappa shape index (κ1) is 15.9. The fourth-order valence-corrected chi connectivity index (χ4v) is 3.80. The van der Waals surface area contributed by atoms with Crippen LogP contribution >= 0.6 is 0 Å². The highest BCUT2D eigenvalue weighted by atomic mass is 16.5. The summed E-state index contributed by atoms with van der Waals surface area (Å²) in [6.45, 7) is 5.72. The van der Waals surface area contributed by atoms with Gasteiger partial charge >= 0.3 is 5.97 Å². The van der Waals surface area contributed by atoms with E-state index in [4.69, 9.17) is 4.74 Å². The van der Waals surface area contributed by atoms with Crippen molar-refractivity contribution in [3.63, 3.8) is 0 Å². The second-order valence-electron chi connectivity index (χ2n) is 6.54. The van der Waals surface area contributed by atoms with Gasteiger partial charge < -0.3 is 4.74 Å². The van der Waals surface area contributed by atoms with E-state index in [-0.39, 0.29) is 30.3 Å². The van der Waals surface area contributed by atoms with Gasteiger partial charge in [0.1, 0.15) is 18.7 Å². The average molecular weight is 292 g/mol. The number of Topliss-reactive ketones (excluding diaryl/α,β-unsaturated/α-hetero) is 1. The van der Waals surface area contributed by atoms with E-state index in [1.54, 1.807) is 0 Å². The Labute approximate surface area is 125 Å². The van der Waals surface area contributed by atoms with E-state index in [0.717, 1.165) is 37.5 Å². The first-order valence-corrected chi connectivity index (χ1v) is 7.79. The fraction of sp³-hybridized carbons (Fsp3) is 0.706. The lowest BCUT2D eigenvalue weighted by molar-refractivity contribution is -0.140. The first-order chi connectivity index (χ1) is 9.95. The maximum Gasteiger partial charge on any atom is 0.302 e. The Morgan fingerprint density at radius 3 is 2.52 bits per heavy atom.